The molecular weight excluding hydrogens is 396 g/mol. The molecule has 7 heteroatoms. The molecular formula is C23H28N4O2S. The number of amides is 1. The number of nitrogens with zero attached hydrogens (tertiary/aromatic N) is 2. The van der Waals surface area contributed by atoms with E-state index in [1.54, 1.807) is 35.9 Å². The van der Waals surface area contributed by atoms with Gasteiger partial charge in [0.15, 0.2) is 0 Å². The normalized spacial score (nSPS) is 12.1. The molecule has 6 nitrogen and oxygen atoms in total. The van der Waals surface area contributed by atoms with Crippen LogP contribution in [0.15, 0.2) is 46.8 Å². The minimum atomic E-state index is -0.197. The molecule has 158 valence electrons. The van der Waals surface area contributed by atoms with E-state index in [4.69, 9.17) is 0 Å². The van der Waals surface area contributed by atoms with Crippen molar-refractivity contribution in [3.63, 3.8) is 0 Å². The van der Waals surface area contributed by atoms with E-state index in [1.165, 1.54) is 4.88 Å². The summed E-state index contributed by atoms with van der Waals surface area (Å²) in [6, 6.07) is 7.70. The lowest BCUT2D eigenvalue weighted by atomic mass is 9.92. The molecule has 0 fully saturated rings. The molecule has 2 N–H and O–H groups in total. The summed E-state index contributed by atoms with van der Waals surface area (Å²) in [5.74, 6) is 0.857. The zero-order valence-electron chi connectivity index (χ0n) is 17.6. The van der Waals surface area contributed by atoms with Crippen LogP contribution < -0.4 is 10.9 Å². The third-order valence-corrected chi connectivity index (χ3v) is 6.42. The van der Waals surface area contributed by atoms with Gasteiger partial charge in [-0.3, -0.25) is 14.6 Å². The maximum atomic E-state index is 12.7. The highest BCUT2D eigenvalue weighted by atomic mass is 32.1. The number of hydrogen-bond donors (Lipinski definition) is 2. The van der Waals surface area contributed by atoms with Crippen LogP contribution in [0.25, 0.3) is 11.4 Å². The summed E-state index contributed by atoms with van der Waals surface area (Å²) in [6.07, 6.45) is 5.93. The Balaban J connectivity index is 1.70. The predicted octanol–water partition coefficient (Wildman–Crippen LogP) is 4.43. The van der Waals surface area contributed by atoms with Crippen LogP contribution in [0.1, 0.15) is 55.3 Å². The van der Waals surface area contributed by atoms with Crippen molar-refractivity contribution >= 4 is 17.2 Å². The number of pyridine rings is 1. The SMILES string of the molecule is CCC(CC)C(NC(=O)CCc1c(C)nc(-c2ccncc2)[nH]c1=O)c1cccs1. The van der Waals surface area contributed by atoms with Crippen LogP contribution in [0.4, 0.5) is 0 Å². The lowest BCUT2D eigenvalue weighted by Gasteiger charge is -2.25. The first kappa shape index (κ1) is 21.9. The molecule has 0 spiro atoms. The van der Waals surface area contributed by atoms with Crippen LogP contribution in [-0.4, -0.2) is 20.9 Å². The Morgan fingerprint density at radius 3 is 2.53 bits per heavy atom. The standard InChI is InChI=1S/C23H28N4O2S/c1-4-16(5-2)21(19-7-6-14-30-19)26-20(28)9-8-18-15(3)25-22(27-23(18)29)17-10-12-24-13-11-17/h6-7,10-14,16,21H,4-5,8-9H2,1-3H3,(H,26,28)(H,25,27,29). The molecule has 30 heavy (non-hydrogen) atoms. The van der Waals surface area contributed by atoms with Crippen molar-refractivity contribution in [3.05, 3.63) is 68.5 Å². The maximum absolute atomic E-state index is 12.7. The molecule has 0 saturated carbocycles. The molecule has 3 heterocycles. The highest BCUT2D eigenvalue weighted by molar-refractivity contribution is 7.10. The number of carbonyl (C=O) groups excluding carboxylic acids is 1. The van der Waals surface area contributed by atoms with Crippen LogP contribution in [-0.2, 0) is 11.2 Å². The van der Waals surface area contributed by atoms with Gasteiger partial charge in [0.25, 0.3) is 5.56 Å². The van der Waals surface area contributed by atoms with Gasteiger partial charge >= 0.3 is 0 Å². The zero-order valence-corrected chi connectivity index (χ0v) is 18.5. The van der Waals surface area contributed by atoms with Crippen LogP contribution in [0.5, 0.6) is 0 Å². The molecule has 1 amide bonds. The van der Waals surface area contributed by atoms with E-state index in [9.17, 15) is 9.59 Å². The van der Waals surface area contributed by atoms with Gasteiger partial charge in [-0.05, 0) is 42.8 Å². The lowest BCUT2D eigenvalue weighted by molar-refractivity contribution is -0.122. The Hall–Kier alpha value is -2.80. The van der Waals surface area contributed by atoms with Crippen LogP contribution in [0, 0.1) is 12.8 Å². The van der Waals surface area contributed by atoms with Gasteiger partial charge in [0.05, 0.1) is 6.04 Å². The van der Waals surface area contributed by atoms with Crippen LogP contribution in [0.2, 0.25) is 0 Å². The van der Waals surface area contributed by atoms with Crippen molar-refractivity contribution in [2.24, 2.45) is 5.92 Å². The summed E-state index contributed by atoms with van der Waals surface area (Å²) in [5, 5.41) is 5.24. The van der Waals surface area contributed by atoms with Crippen molar-refractivity contribution in [2.45, 2.75) is 52.5 Å². The van der Waals surface area contributed by atoms with Gasteiger partial charge in [0.2, 0.25) is 5.91 Å². The number of aromatic nitrogens is 3. The highest BCUT2D eigenvalue weighted by Crippen LogP contribution is 2.30. The van der Waals surface area contributed by atoms with Crippen molar-refractivity contribution < 1.29 is 4.79 Å². The molecule has 0 aliphatic carbocycles. The minimum Gasteiger partial charge on any atom is -0.348 e. The molecule has 0 aromatic carbocycles. The smallest absolute Gasteiger partial charge is 0.254 e. The molecule has 0 saturated heterocycles. The second-order valence-corrected chi connectivity index (χ2v) is 8.33. The summed E-state index contributed by atoms with van der Waals surface area (Å²) in [4.78, 5) is 37.9. The molecule has 1 atom stereocenters. The van der Waals surface area contributed by atoms with Gasteiger partial charge in [-0.2, -0.15) is 0 Å². The molecule has 3 aromatic rings. The van der Waals surface area contributed by atoms with E-state index in [1.807, 2.05) is 18.4 Å². The van der Waals surface area contributed by atoms with Crippen molar-refractivity contribution in [1.29, 1.82) is 0 Å². The quantitative estimate of drug-likeness (QED) is 0.532. The number of aromatic amines is 1. The second-order valence-electron chi connectivity index (χ2n) is 7.35. The first-order valence-electron chi connectivity index (χ1n) is 10.4. The summed E-state index contributed by atoms with van der Waals surface area (Å²) in [7, 11) is 0. The van der Waals surface area contributed by atoms with Gasteiger partial charge in [0, 0.05) is 40.5 Å². The first-order valence-corrected chi connectivity index (χ1v) is 11.2. The van der Waals surface area contributed by atoms with Crippen LogP contribution >= 0.6 is 11.3 Å². The summed E-state index contributed by atoms with van der Waals surface area (Å²) in [6.45, 7) is 6.12. The molecule has 0 radical (unpaired) electrons. The van der Waals surface area contributed by atoms with Crippen molar-refractivity contribution in [1.82, 2.24) is 20.3 Å². The van der Waals surface area contributed by atoms with E-state index < -0.39 is 0 Å². The summed E-state index contributed by atoms with van der Waals surface area (Å²) >= 11 is 1.67. The van der Waals surface area contributed by atoms with E-state index in [2.05, 4.69) is 40.2 Å². The second kappa shape index (κ2) is 10.3. The van der Waals surface area contributed by atoms with Crippen LogP contribution in [0.3, 0.4) is 0 Å². The Bertz CT molecular complexity index is 1010. The molecule has 1 unspecified atom stereocenters. The number of H-pyrrole nitrogens is 1. The topological polar surface area (TPSA) is 87.7 Å². The van der Waals surface area contributed by atoms with Crippen molar-refractivity contribution in [3.8, 4) is 11.4 Å². The number of aryl methyl sites for hydroxylation is 1. The van der Waals surface area contributed by atoms with Gasteiger partial charge in [0.1, 0.15) is 5.82 Å². The van der Waals surface area contributed by atoms with Gasteiger partial charge < -0.3 is 10.3 Å². The maximum Gasteiger partial charge on any atom is 0.254 e. The van der Waals surface area contributed by atoms with Gasteiger partial charge in [-0.1, -0.05) is 32.8 Å². The summed E-state index contributed by atoms with van der Waals surface area (Å²) < 4.78 is 0. The van der Waals surface area contributed by atoms with Crippen molar-refractivity contribution in [2.75, 3.05) is 0 Å². The molecule has 0 aliphatic rings. The third kappa shape index (κ3) is 5.21. The Morgan fingerprint density at radius 1 is 1.20 bits per heavy atom. The Morgan fingerprint density at radius 2 is 1.93 bits per heavy atom. The third-order valence-electron chi connectivity index (χ3n) is 5.46. The summed E-state index contributed by atoms with van der Waals surface area (Å²) in [5.41, 5.74) is 1.81. The van der Waals surface area contributed by atoms with Gasteiger partial charge in [-0.15, -0.1) is 11.3 Å². The largest absolute Gasteiger partial charge is 0.348 e. The molecule has 3 rings (SSSR count). The average molecular weight is 425 g/mol. The fraction of sp³-hybridized carbons (Fsp3) is 0.391. The number of hydrogen-bond acceptors (Lipinski definition) is 5. The zero-order chi connectivity index (χ0) is 21.5. The fourth-order valence-electron chi connectivity index (χ4n) is 3.69. The Labute approximate surface area is 180 Å². The van der Waals surface area contributed by atoms with Gasteiger partial charge in [-0.25, -0.2) is 4.98 Å². The first-order chi connectivity index (χ1) is 14.5. The molecule has 3 aromatic heterocycles. The Kier molecular flexibility index (Phi) is 7.52. The lowest BCUT2D eigenvalue weighted by Crippen LogP contribution is -2.33. The predicted molar refractivity (Wildman–Crippen MR) is 120 cm³/mol. The molecule has 0 bridgehead atoms. The highest BCUT2D eigenvalue weighted by Gasteiger charge is 2.23. The minimum absolute atomic E-state index is 0.0130. The number of carbonyl (C=O) groups is 1. The fourth-order valence-corrected chi connectivity index (χ4v) is 4.55. The van der Waals surface area contributed by atoms with E-state index >= 15 is 0 Å². The number of thiophene rings is 1. The number of nitrogens with one attached hydrogen (secondary N) is 2. The molecule has 0 aliphatic heterocycles. The van der Waals surface area contributed by atoms with E-state index in [0.717, 1.165) is 18.4 Å². The van der Waals surface area contributed by atoms with E-state index in [-0.39, 0.29) is 23.9 Å². The average Bonchev–Trinajstić information content (AvgIpc) is 3.28. The number of rotatable bonds is 9. The monoisotopic (exact) mass is 424 g/mol. The van der Waals surface area contributed by atoms with E-state index in [0.29, 0.717) is 29.4 Å².